The molecule has 10 heteroatoms. The molecule has 0 bridgehead atoms. The summed E-state index contributed by atoms with van der Waals surface area (Å²) >= 11 is 0. The van der Waals surface area contributed by atoms with Crippen LogP contribution in [0, 0.1) is 0 Å². The zero-order valence-corrected chi connectivity index (χ0v) is 23.4. The van der Waals surface area contributed by atoms with Crippen molar-refractivity contribution in [1.82, 2.24) is 0 Å². The predicted molar refractivity (Wildman–Crippen MR) is 157 cm³/mol. The molecule has 226 valence electrons. The van der Waals surface area contributed by atoms with Crippen LogP contribution in [0.3, 0.4) is 0 Å². The molecule has 0 spiro atoms. The van der Waals surface area contributed by atoms with E-state index in [4.69, 9.17) is 24.1 Å². The standard InChI is InChI=1S/C27H24O8.C7H6O2/c28-24-21(34-26(30)19-12-6-2-7-13-19)16-23(35-27(31)20-14-8-3-9-15-20)33-22(24)17-32-25(29)18-10-4-1-5-11-18;8-7(9)6-4-2-1-3-5-6/h1-15,21-24,28H,16-17H2;1-5H,(H,8,9). The van der Waals surface area contributed by atoms with E-state index in [1.807, 2.05) is 0 Å². The number of rotatable bonds is 8. The average molecular weight is 599 g/mol. The van der Waals surface area contributed by atoms with E-state index in [-0.39, 0.29) is 13.0 Å². The summed E-state index contributed by atoms with van der Waals surface area (Å²) < 4.78 is 22.0. The summed E-state index contributed by atoms with van der Waals surface area (Å²) in [6.45, 7) is -0.340. The first-order chi connectivity index (χ1) is 21.3. The molecule has 4 aromatic carbocycles. The Kier molecular flexibility index (Phi) is 11.3. The molecule has 0 aliphatic carbocycles. The number of hydrogen-bond acceptors (Lipinski definition) is 9. The third-order valence-corrected chi connectivity index (χ3v) is 6.44. The van der Waals surface area contributed by atoms with Crippen molar-refractivity contribution in [3.8, 4) is 0 Å². The van der Waals surface area contributed by atoms with Crippen molar-refractivity contribution < 1.29 is 48.3 Å². The van der Waals surface area contributed by atoms with Crippen LogP contribution in [0.25, 0.3) is 0 Å². The first-order valence-electron chi connectivity index (χ1n) is 13.7. The van der Waals surface area contributed by atoms with Crippen LogP contribution in [0.1, 0.15) is 47.9 Å². The van der Waals surface area contributed by atoms with Crippen LogP contribution < -0.4 is 0 Å². The van der Waals surface area contributed by atoms with Gasteiger partial charge in [0, 0.05) is 0 Å². The molecule has 5 rings (SSSR count). The van der Waals surface area contributed by atoms with Gasteiger partial charge in [-0.25, -0.2) is 19.2 Å². The minimum Gasteiger partial charge on any atom is -0.478 e. The van der Waals surface area contributed by atoms with Gasteiger partial charge in [-0.05, 0) is 48.5 Å². The predicted octanol–water partition coefficient (Wildman–Crippen LogP) is 4.79. The Bertz CT molecular complexity index is 1510. The summed E-state index contributed by atoms with van der Waals surface area (Å²) in [6.07, 6.45) is -4.72. The molecule has 4 unspecified atom stereocenters. The molecule has 10 nitrogen and oxygen atoms in total. The van der Waals surface area contributed by atoms with Gasteiger partial charge in [-0.3, -0.25) is 0 Å². The lowest BCUT2D eigenvalue weighted by molar-refractivity contribution is -0.238. The van der Waals surface area contributed by atoms with Crippen LogP contribution in [0.2, 0.25) is 0 Å². The summed E-state index contributed by atoms with van der Waals surface area (Å²) in [7, 11) is 0. The smallest absolute Gasteiger partial charge is 0.340 e. The molecule has 4 atom stereocenters. The molecule has 4 aromatic rings. The maximum atomic E-state index is 12.6. The Balaban J connectivity index is 0.000000421. The second-order valence-corrected chi connectivity index (χ2v) is 9.55. The SMILES string of the molecule is O=C(O)c1ccccc1.O=C(OCC1OC(OC(=O)c2ccccc2)CC(OC(=O)c2ccccc2)C1O)c1ccccc1. The van der Waals surface area contributed by atoms with Gasteiger partial charge in [0.1, 0.15) is 24.9 Å². The fourth-order valence-corrected chi connectivity index (χ4v) is 4.17. The lowest BCUT2D eigenvalue weighted by Gasteiger charge is -2.38. The first-order valence-corrected chi connectivity index (χ1v) is 13.7. The van der Waals surface area contributed by atoms with Gasteiger partial charge in [-0.1, -0.05) is 72.8 Å². The van der Waals surface area contributed by atoms with E-state index in [1.165, 1.54) is 0 Å². The molecule has 0 amide bonds. The molecule has 44 heavy (non-hydrogen) atoms. The number of carbonyl (C=O) groups is 4. The Morgan fingerprint density at radius 3 is 1.45 bits per heavy atom. The molecule has 1 heterocycles. The number of carboxylic acid groups (broad SMARTS) is 1. The Hall–Kier alpha value is -5.32. The number of esters is 3. The van der Waals surface area contributed by atoms with Crippen LogP contribution in [-0.2, 0) is 18.9 Å². The number of ether oxygens (including phenoxy) is 4. The van der Waals surface area contributed by atoms with E-state index in [0.717, 1.165) is 0 Å². The Labute approximate surface area is 253 Å². The van der Waals surface area contributed by atoms with Gasteiger partial charge < -0.3 is 29.2 Å². The monoisotopic (exact) mass is 598 g/mol. The summed E-state index contributed by atoms with van der Waals surface area (Å²) in [4.78, 5) is 47.7. The number of benzene rings is 4. The van der Waals surface area contributed by atoms with Crippen LogP contribution in [0.5, 0.6) is 0 Å². The van der Waals surface area contributed by atoms with Crippen molar-refractivity contribution in [3.05, 3.63) is 144 Å². The van der Waals surface area contributed by atoms with E-state index in [9.17, 15) is 24.3 Å². The normalized spacial score (nSPS) is 18.9. The van der Waals surface area contributed by atoms with E-state index < -0.39 is 48.5 Å². The highest BCUT2D eigenvalue weighted by molar-refractivity contribution is 5.90. The quantitative estimate of drug-likeness (QED) is 0.215. The van der Waals surface area contributed by atoms with E-state index in [2.05, 4.69) is 0 Å². The van der Waals surface area contributed by atoms with Crippen molar-refractivity contribution in [2.24, 2.45) is 0 Å². The number of carbonyl (C=O) groups excluding carboxylic acids is 3. The fourth-order valence-electron chi connectivity index (χ4n) is 4.17. The second-order valence-electron chi connectivity index (χ2n) is 9.55. The van der Waals surface area contributed by atoms with Gasteiger partial charge in [-0.2, -0.15) is 0 Å². The third kappa shape index (κ3) is 9.09. The number of aliphatic hydroxyl groups is 1. The molecule has 0 radical (unpaired) electrons. The molecular weight excluding hydrogens is 568 g/mol. The highest BCUT2D eigenvalue weighted by Gasteiger charge is 2.42. The summed E-state index contributed by atoms with van der Waals surface area (Å²) in [6, 6.07) is 33.3. The number of aliphatic hydroxyl groups excluding tert-OH is 1. The van der Waals surface area contributed by atoms with Crippen LogP contribution in [-0.4, -0.2) is 65.3 Å². The average Bonchev–Trinajstić information content (AvgIpc) is 3.07. The molecule has 2 N–H and O–H groups in total. The molecule has 1 fully saturated rings. The highest BCUT2D eigenvalue weighted by atomic mass is 16.7. The molecular formula is C34H30O10. The molecule has 1 saturated heterocycles. The minimum absolute atomic E-state index is 0.0958. The number of carboxylic acids is 1. The molecule has 1 aliphatic rings. The maximum Gasteiger partial charge on any atom is 0.340 e. The van der Waals surface area contributed by atoms with E-state index >= 15 is 0 Å². The summed E-state index contributed by atoms with van der Waals surface area (Å²) in [5, 5.41) is 19.2. The van der Waals surface area contributed by atoms with Gasteiger partial charge >= 0.3 is 23.9 Å². The van der Waals surface area contributed by atoms with Crippen molar-refractivity contribution >= 4 is 23.9 Å². The van der Waals surface area contributed by atoms with Gasteiger partial charge in [-0.15, -0.1) is 0 Å². The largest absolute Gasteiger partial charge is 0.478 e. The van der Waals surface area contributed by atoms with Crippen molar-refractivity contribution in [2.75, 3.05) is 6.61 Å². The highest BCUT2D eigenvalue weighted by Crippen LogP contribution is 2.26. The summed E-state index contributed by atoms with van der Waals surface area (Å²) in [5.74, 6) is -2.77. The zero-order chi connectivity index (χ0) is 31.3. The molecule has 1 aliphatic heterocycles. The number of aromatic carboxylic acids is 1. The summed E-state index contributed by atoms with van der Waals surface area (Å²) in [5.41, 5.74) is 1.28. The lowest BCUT2D eigenvalue weighted by Crippen LogP contribution is -2.53. The Morgan fingerprint density at radius 1 is 0.614 bits per heavy atom. The van der Waals surface area contributed by atoms with Crippen LogP contribution >= 0.6 is 0 Å². The van der Waals surface area contributed by atoms with Crippen LogP contribution in [0.15, 0.2) is 121 Å². The third-order valence-electron chi connectivity index (χ3n) is 6.44. The van der Waals surface area contributed by atoms with Gasteiger partial charge in [0.2, 0.25) is 6.29 Å². The lowest BCUT2D eigenvalue weighted by atomic mass is 10.0. The van der Waals surface area contributed by atoms with Crippen LogP contribution in [0.4, 0.5) is 0 Å². The molecule has 0 aromatic heterocycles. The van der Waals surface area contributed by atoms with Gasteiger partial charge in [0.05, 0.1) is 28.7 Å². The van der Waals surface area contributed by atoms with E-state index in [1.54, 1.807) is 121 Å². The van der Waals surface area contributed by atoms with Crippen molar-refractivity contribution in [2.45, 2.75) is 31.0 Å². The fraction of sp³-hybridized carbons (Fsp3) is 0.176. The van der Waals surface area contributed by atoms with Gasteiger partial charge in [0.25, 0.3) is 0 Å². The zero-order valence-electron chi connectivity index (χ0n) is 23.4. The van der Waals surface area contributed by atoms with Crippen molar-refractivity contribution in [1.29, 1.82) is 0 Å². The van der Waals surface area contributed by atoms with E-state index in [0.29, 0.717) is 22.3 Å². The van der Waals surface area contributed by atoms with Crippen molar-refractivity contribution in [3.63, 3.8) is 0 Å². The second kappa shape index (κ2) is 15.8. The molecule has 0 saturated carbocycles. The first kappa shape index (κ1) is 31.6. The van der Waals surface area contributed by atoms with Gasteiger partial charge in [0.15, 0.2) is 0 Å². The topological polar surface area (TPSA) is 146 Å². The maximum absolute atomic E-state index is 12.6. The Morgan fingerprint density at radius 2 is 1.02 bits per heavy atom. The minimum atomic E-state index is -1.32. The number of hydrogen-bond donors (Lipinski definition) is 2.